The second-order valence-electron chi connectivity index (χ2n) is 4.22. The molecule has 1 aromatic carbocycles. The van der Waals surface area contributed by atoms with Crippen molar-refractivity contribution in [1.82, 2.24) is 0 Å². The molecule has 0 spiro atoms. The lowest BCUT2D eigenvalue weighted by Crippen LogP contribution is -2.14. The first-order valence-corrected chi connectivity index (χ1v) is 5.61. The smallest absolute Gasteiger partial charge is 0.128 e. The Kier molecular flexibility index (Phi) is 3.40. The first-order chi connectivity index (χ1) is 7.78. The summed E-state index contributed by atoms with van der Waals surface area (Å²) in [7, 11) is 0. The van der Waals surface area contributed by atoms with Crippen molar-refractivity contribution in [2.24, 2.45) is 5.92 Å². The van der Waals surface area contributed by atoms with E-state index in [1.54, 1.807) is 6.07 Å². The molecule has 1 fully saturated rings. The minimum absolute atomic E-state index is 0.304. The van der Waals surface area contributed by atoms with E-state index in [9.17, 15) is 4.39 Å². The lowest BCUT2D eigenvalue weighted by atomic mass is 9.83. The van der Waals surface area contributed by atoms with Gasteiger partial charge in [0.1, 0.15) is 11.6 Å². The quantitative estimate of drug-likeness (QED) is 0.778. The van der Waals surface area contributed by atoms with E-state index in [0.717, 1.165) is 12.3 Å². The largest absolute Gasteiger partial charge is 0.493 e. The zero-order chi connectivity index (χ0) is 11.4. The molecule has 0 atom stereocenters. The lowest BCUT2D eigenvalue weighted by Gasteiger charge is -2.24. The third-order valence-electron chi connectivity index (χ3n) is 3.02. The minimum Gasteiger partial charge on any atom is -0.493 e. The van der Waals surface area contributed by atoms with Crippen molar-refractivity contribution in [2.75, 3.05) is 6.61 Å². The van der Waals surface area contributed by atoms with Crippen LogP contribution in [0.2, 0.25) is 0 Å². The van der Waals surface area contributed by atoms with E-state index in [0.29, 0.717) is 17.9 Å². The predicted molar refractivity (Wildman–Crippen MR) is 58.6 cm³/mol. The first kappa shape index (κ1) is 10.9. The average Bonchev–Trinajstić information content (AvgIpc) is 2.21. The standard InChI is InChI=1S/C13H14FNO/c14-12-6-11(9-15)7-13(8-12)16-5-4-10-2-1-3-10/h6-8,10H,1-5H2. The summed E-state index contributed by atoms with van der Waals surface area (Å²) in [5.41, 5.74) is 0.304. The van der Waals surface area contributed by atoms with Gasteiger partial charge in [0.15, 0.2) is 0 Å². The maximum absolute atomic E-state index is 13.0. The summed E-state index contributed by atoms with van der Waals surface area (Å²) >= 11 is 0. The molecule has 16 heavy (non-hydrogen) atoms. The summed E-state index contributed by atoms with van der Waals surface area (Å²) in [6.07, 6.45) is 4.92. The van der Waals surface area contributed by atoms with Gasteiger partial charge in [-0.1, -0.05) is 19.3 Å². The molecule has 0 bridgehead atoms. The van der Waals surface area contributed by atoms with Crippen LogP contribution >= 0.6 is 0 Å². The number of rotatable bonds is 4. The number of hydrogen-bond acceptors (Lipinski definition) is 2. The first-order valence-electron chi connectivity index (χ1n) is 5.61. The van der Waals surface area contributed by atoms with Crippen LogP contribution in [0.25, 0.3) is 0 Å². The zero-order valence-electron chi connectivity index (χ0n) is 9.08. The molecule has 1 aliphatic carbocycles. The molecule has 2 nitrogen and oxygen atoms in total. The van der Waals surface area contributed by atoms with Gasteiger partial charge in [0.2, 0.25) is 0 Å². The van der Waals surface area contributed by atoms with Crippen LogP contribution in [0.1, 0.15) is 31.2 Å². The molecule has 0 heterocycles. The molecule has 0 radical (unpaired) electrons. The molecule has 3 heteroatoms. The minimum atomic E-state index is -0.419. The van der Waals surface area contributed by atoms with Crippen LogP contribution in [-0.2, 0) is 0 Å². The van der Waals surface area contributed by atoms with Crippen molar-refractivity contribution in [1.29, 1.82) is 5.26 Å². The van der Waals surface area contributed by atoms with Gasteiger partial charge in [-0.3, -0.25) is 0 Å². The number of nitriles is 1. The topological polar surface area (TPSA) is 33.0 Å². The van der Waals surface area contributed by atoms with Gasteiger partial charge in [-0.15, -0.1) is 0 Å². The van der Waals surface area contributed by atoms with Crippen LogP contribution in [0.15, 0.2) is 18.2 Å². The number of halogens is 1. The van der Waals surface area contributed by atoms with Gasteiger partial charge in [0.05, 0.1) is 18.2 Å². The van der Waals surface area contributed by atoms with Crippen LogP contribution in [0.5, 0.6) is 5.75 Å². The molecule has 0 aliphatic heterocycles. The fraction of sp³-hybridized carbons (Fsp3) is 0.462. The molecule has 1 aromatic rings. The van der Waals surface area contributed by atoms with E-state index in [1.165, 1.54) is 31.4 Å². The van der Waals surface area contributed by atoms with Crippen LogP contribution in [0.4, 0.5) is 4.39 Å². The highest BCUT2D eigenvalue weighted by Crippen LogP contribution is 2.29. The van der Waals surface area contributed by atoms with E-state index in [-0.39, 0.29) is 0 Å². The van der Waals surface area contributed by atoms with E-state index in [4.69, 9.17) is 10.00 Å². The van der Waals surface area contributed by atoms with Crippen LogP contribution in [-0.4, -0.2) is 6.61 Å². The number of hydrogen-bond donors (Lipinski definition) is 0. The fourth-order valence-electron chi connectivity index (χ4n) is 1.84. The Morgan fingerprint density at radius 3 is 2.81 bits per heavy atom. The van der Waals surface area contributed by atoms with Gasteiger partial charge < -0.3 is 4.74 Å². The highest BCUT2D eigenvalue weighted by molar-refractivity contribution is 5.36. The molecular formula is C13H14FNO. The van der Waals surface area contributed by atoms with Gasteiger partial charge in [-0.05, 0) is 24.5 Å². The summed E-state index contributed by atoms with van der Waals surface area (Å²) in [5, 5.41) is 8.68. The van der Waals surface area contributed by atoms with Gasteiger partial charge in [0.25, 0.3) is 0 Å². The molecule has 1 aliphatic rings. The Morgan fingerprint density at radius 1 is 1.38 bits per heavy atom. The van der Waals surface area contributed by atoms with Gasteiger partial charge in [-0.25, -0.2) is 4.39 Å². The SMILES string of the molecule is N#Cc1cc(F)cc(OCCC2CCC2)c1. The average molecular weight is 219 g/mol. The Bertz CT molecular complexity index is 407. The Hall–Kier alpha value is -1.56. The summed E-state index contributed by atoms with van der Waals surface area (Å²) in [5.74, 6) is 0.817. The number of benzene rings is 1. The van der Waals surface area contributed by atoms with Gasteiger partial charge in [0, 0.05) is 6.07 Å². The van der Waals surface area contributed by atoms with E-state index in [1.807, 2.05) is 6.07 Å². The zero-order valence-corrected chi connectivity index (χ0v) is 9.08. The van der Waals surface area contributed by atoms with E-state index >= 15 is 0 Å². The lowest BCUT2D eigenvalue weighted by molar-refractivity contribution is 0.221. The third-order valence-corrected chi connectivity index (χ3v) is 3.02. The Morgan fingerprint density at radius 2 is 2.19 bits per heavy atom. The van der Waals surface area contributed by atoms with Gasteiger partial charge >= 0.3 is 0 Å². The van der Waals surface area contributed by atoms with Crippen LogP contribution < -0.4 is 4.74 Å². The Balaban J connectivity index is 1.88. The Labute approximate surface area is 94.7 Å². The molecule has 0 aromatic heterocycles. The van der Waals surface area contributed by atoms with E-state index in [2.05, 4.69) is 0 Å². The van der Waals surface area contributed by atoms with Crippen molar-refractivity contribution < 1.29 is 9.13 Å². The highest BCUT2D eigenvalue weighted by atomic mass is 19.1. The van der Waals surface area contributed by atoms with Crippen LogP contribution in [0.3, 0.4) is 0 Å². The van der Waals surface area contributed by atoms with Gasteiger partial charge in [-0.2, -0.15) is 5.26 Å². The summed E-state index contributed by atoms with van der Waals surface area (Å²) in [6, 6.07) is 6.01. The second kappa shape index (κ2) is 4.98. The molecule has 0 N–H and O–H groups in total. The van der Waals surface area contributed by atoms with Crippen molar-refractivity contribution in [2.45, 2.75) is 25.7 Å². The molecule has 84 valence electrons. The third kappa shape index (κ3) is 2.73. The van der Waals surface area contributed by atoms with Crippen molar-refractivity contribution in [3.8, 4) is 11.8 Å². The number of nitrogens with zero attached hydrogens (tertiary/aromatic N) is 1. The molecule has 0 unspecified atom stereocenters. The maximum Gasteiger partial charge on any atom is 0.128 e. The molecule has 1 saturated carbocycles. The molecule has 0 amide bonds. The monoisotopic (exact) mass is 219 g/mol. The van der Waals surface area contributed by atoms with Crippen LogP contribution in [0, 0.1) is 23.1 Å². The molecule has 2 rings (SSSR count). The predicted octanol–water partition coefficient (Wildman–Crippen LogP) is 3.27. The summed E-state index contributed by atoms with van der Waals surface area (Å²) in [4.78, 5) is 0. The highest BCUT2D eigenvalue weighted by Gasteiger charge is 2.16. The van der Waals surface area contributed by atoms with E-state index < -0.39 is 5.82 Å². The molecule has 0 saturated heterocycles. The number of ether oxygens (including phenoxy) is 1. The summed E-state index contributed by atoms with van der Waals surface area (Å²) < 4.78 is 18.5. The fourth-order valence-corrected chi connectivity index (χ4v) is 1.84. The van der Waals surface area contributed by atoms with Crippen molar-refractivity contribution in [3.63, 3.8) is 0 Å². The van der Waals surface area contributed by atoms with Crippen molar-refractivity contribution >= 4 is 0 Å². The van der Waals surface area contributed by atoms with Crippen molar-refractivity contribution in [3.05, 3.63) is 29.6 Å². The maximum atomic E-state index is 13.0. The normalized spacial score (nSPS) is 15.2. The summed E-state index contributed by atoms with van der Waals surface area (Å²) in [6.45, 7) is 0.610. The molecular weight excluding hydrogens is 205 g/mol. The second-order valence-corrected chi connectivity index (χ2v) is 4.22.